The Balaban J connectivity index is 3.35. The Morgan fingerprint density at radius 3 is 2.62 bits per heavy atom. The van der Waals surface area contributed by atoms with Crippen LogP contribution in [0.4, 0.5) is 0 Å². The van der Waals surface area contributed by atoms with Gasteiger partial charge in [-0.1, -0.05) is 0 Å². The summed E-state index contributed by atoms with van der Waals surface area (Å²) in [6.45, 7) is 1.71. The fourth-order valence-corrected chi connectivity index (χ4v) is 0.979. The fraction of sp³-hybridized carbons (Fsp3) is 0.250. The summed E-state index contributed by atoms with van der Waals surface area (Å²) < 4.78 is 5.92. The fourth-order valence-electron chi connectivity index (χ4n) is 0.383. The lowest BCUT2D eigenvalue weighted by Gasteiger charge is -1.73. The first-order chi connectivity index (χ1) is 3.70. The van der Waals surface area contributed by atoms with E-state index in [-0.39, 0.29) is 5.63 Å². The van der Waals surface area contributed by atoms with Gasteiger partial charge in [-0.05, 0) is 6.92 Å². The van der Waals surface area contributed by atoms with Crippen LogP contribution in [-0.4, -0.2) is 2.95 Å². The molecule has 0 saturated heterocycles. The third-order valence-corrected chi connectivity index (χ3v) is 1.26. The average molecular weight is 225 g/mol. The first kappa shape index (κ1) is 5.87. The lowest BCUT2D eigenvalue weighted by molar-refractivity contribution is 0.377. The van der Waals surface area contributed by atoms with E-state index in [0.29, 0.717) is 5.56 Å². The molecule has 1 aromatic heterocycles. The Kier molecular flexibility index (Phi) is 1.41. The number of aromatic nitrogens is 1. The van der Waals surface area contributed by atoms with Gasteiger partial charge in [-0.3, -0.25) is 0 Å². The van der Waals surface area contributed by atoms with Crippen LogP contribution in [0.15, 0.2) is 15.5 Å². The second kappa shape index (κ2) is 1.93. The second-order valence-corrected chi connectivity index (χ2v) is 2.41. The Labute approximate surface area is 59.8 Å². The lowest BCUT2D eigenvalue weighted by Crippen LogP contribution is -1.93. The van der Waals surface area contributed by atoms with Crippen molar-refractivity contribution < 1.29 is 4.52 Å². The summed E-state index contributed by atoms with van der Waals surface area (Å²) in [5.74, 6) is 0. The molecular weight excluding hydrogens is 221 g/mol. The number of halogens is 1. The molecule has 0 aliphatic carbocycles. The molecule has 0 aliphatic rings. The summed E-state index contributed by atoms with van der Waals surface area (Å²) in [5.41, 5.74) is 0.374. The summed E-state index contributed by atoms with van der Waals surface area (Å²) in [5, 5.41) is 0. The quantitative estimate of drug-likeness (QED) is 0.616. The van der Waals surface area contributed by atoms with Crippen molar-refractivity contribution in [2.75, 3.05) is 0 Å². The molecule has 0 amide bonds. The van der Waals surface area contributed by atoms with E-state index in [4.69, 9.17) is 0 Å². The molecule has 4 heteroatoms. The predicted molar refractivity (Wildman–Crippen MR) is 37.1 cm³/mol. The lowest BCUT2D eigenvalue weighted by atomic mass is 10.4. The second-order valence-electron chi connectivity index (χ2n) is 1.46. The molecule has 0 spiro atoms. The van der Waals surface area contributed by atoms with Crippen LogP contribution in [0.1, 0.15) is 5.56 Å². The number of hydrogen-bond acceptors (Lipinski definition) is 2. The normalized spacial score (nSPS) is 9.75. The van der Waals surface area contributed by atoms with Gasteiger partial charge >= 0.3 is 5.63 Å². The van der Waals surface area contributed by atoms with Gasteiger partial charge in [-0.2, -0.15) is 2.95 Å². The SMILES string of the molecule is Cc1cn(I)oc1=O. The monoisotopic (exact) mass is 225 g/mol. The van der Waals surface area contributed by atoms with Crippen molar-refractivity contribution >= 4 is 22.9 Å². The van der Waals surface area contributed by atoms with Gasteiger partial charge in [-0.25, -0.2) is 4.79 Å². The van der Waals surface area contributed by atoms with Crippen molar-refractivity contribution in [3.8, 4) is 0 Å². The molecule has 1 aromatic rings. The van der Waals surface area contributed by atoms with E-state index in [1.165, 1.54) is 2.95 Å². The van der Waals surface area contributed by atoms with Crippen molar-refractivity contribution in [1.82, 2.24) is 2.95 Å². The summed E-state index contributed by atoms with van der Waals surface area (Å²) in [7, 11) is 0. The van der Waals surface area contributed by atoms with E-state index in [9.17, 15) is 4.79 Å². The van der Waals surface area contributed by atoms with E-state index < -0.39 is 0 Å². The van der Waals surface area contributed by atoms with Gasteiger partial charge in [0.1, 0.15) is 22.9 Å². The third kappa shape index (κ3) is 0.936. The molecule has 0 atom stereocenters. The van der Waals surface area contributed by atoms with Crippen molar-refractivity contribution in [2.45, 2.75) is 6.92 Å². The molecule has 44 valence electrons. The maximum Gasteiger partial charge on any atom is 0.361 e. The first-order valence-electron chi connectivity index (χ1n) is 2.06. The van der Waals surface area contributed by atoms with E-state index in [0.717, 1.165) is 0 Å². The van der Waals surface area contributed by atoms with Gasteiger partial charge in [0.25, 0.3) is 0 Å². The molecule has 0 N–H and O–H groups in total. The highest BCUT2D eigenvalue weighted by Gasteiger charge is 1.95. The van der Waals surface area contributed by atoms with Crippen molar-refractivity contribution in [1.29, 1.82) is 0 Å². The molecule has 0 bridgehead atoms. The minimum absolute atomic E-state index is 0.264. The van der Waals surface area contributed by atoms with Crippen LogP contribution < -0.4 is 5.63 Å². The standard InChI is InChI=1S/C4H4INO2/c1-3-2-6(5)8-4(3)7/h2H,1H3. The number of nitrogens with zero attached hydrogens (tertiary/aromatic N) is 1. The molecule has 1 heterocycles. The molecule has 0 saturated carbocycles. The molecular formula is C4H4INO2. The Hall–Kier alpha value is -0.260. The minimum atomic E-state index is -0.264. The van der Waals surface area contributed by atoms with Gasteiger partial charge in [0.15, 0.2) is 0 Å². The molecule has 0 aromatic carbocycles. The highest BCUT2D eigenvalue weighted by atomic mass is 127. The van der Waals surface area contributed by atoms with Crippen LogP contribution in [0.25, 0.3) is 0 Å². The zero-order chi connectivity index (χ0) is 6.15. The van der Waals surface area contributed by atoms with Crippen LogP contribution in [-0.2, 0) is 0 Å². The van der Waals surface area contributed by atoms with Crippen molar-refractivity contribution in [3.05, 3.63) is 22.2 Å². The average Bonchev–Trinajstić information content (AvgIpc) is 1.85. The van der Waals surface area contributed by atoms with E-state index in [1.807, 2.05) is 22.9 Å². The minimum Gasteiger partial charge on any atom is -0.327 e. The van der Waals surface area contributed by atoms with Gasteiger partial charge in [-0.15, -0.1) is 0 Å². The molecule has 1 rings (SSSR count). The third-order valence-electron chi connectivity index (χ3n) is 0.787. The molecule has 0 fully saturated rings. The molecule has 0 aliphatic heterocycles. The summed E-state index contributed by atoms with van der Waals surface area (Å²) >= 11 is 1.88. The summed E-state index contributed by atoms with van der Waals surface area (Å²) in [6.07, 6.45) is 1.63. The van der Waals surface area contributed by atoms with Gasteiger partial charge in [0.2, 0.25) is 0 Å². The van der Waals surface area contributed by atoms with E-state index in [1.54, 1.807) is 13.1 Å². The van der Waals surface area contributed by atoms with E-state index in [2.05, 4.69) is 4.52 Å². The van der Waals surface area contributed by atoms with Crippen molar-refractivity contribution in [2.24, 2.45) is 0 Å². The molecule has 0 unspecified atom stereocenters. The van der Waals surface area contributed by atoms with E-state index >= 15 is 0 Å². The Morgan fingerprint density at radius 2 is 2.50 bits per heavy atom. The van der Waals surface area contributed by atoms with Crippen LogP contribution >= 0.6 is 22.9 Å². The highest BCUT2D eigenvalue weighted by molar-refractivity contribution is 14.1. The molecule has 8 heavy (non-hydrogen) atoms. The Morgan fingerprint density at radius 1 is 1.88 bits per heavy atom. The maximum atomic E-state index is 10.4. The van der Waals surface area contributed by atoms with Crippen LogP contribution in [0.2, 0.25) is 0 Å². The number of rotatable bonds is 0. The van der Waals surface area contributed by atoms with Crippen LogP contribution in [0.5, 0.6) is 0 Å². The summed E-state index contributed by atoms with van der Waals surface area (Å²) in [4.78, 5) is 10.4. The molecule has 0 radical (unpaired) electrons. The van der Waals surface area contributed by atoms with Gasteiger partial charge in [0, 0.05) is 0 Å². The van der Waals surface area contributed by atoms with Crippen LogP contribution in [0, 0.1) is 6.92 Å². The highest BCUT2D eigenvalue weighted by Crippen LogP contribution is 1.94. The first-order valence-corrected chi connectivity index (χ1v) is 3.02. The number of aryl methyl sites for hydroxylation is 1. The number of hydrogen-bond donors (Lipinski definition) is 0. The maximum absolute atomic E-state index is 10.4. The Bertz CT molecular complexity index is 236. The molecule has 3 nitrogen and oxygen atoms in total. The van der Waals surface area contributed by atoms with Gasteiger partial charge < -0.3 is 4.52 Å². The zero-order valence-corrected chi connectivity index (χ0v) is 6.38. The largest absolute Gasteiger partial charge is 0.361 e. The topological polar surface area (TPSA) is 35.1 Å². The van der Waals surface area contributed by atoms with Crippen molar-refractivity contribution in [3.63, 3.8) is 0 Å². The predicted octanol–water partition coefficient (Wildman–Crippen LogP) is 0.948. The zero-order valence-electron chi connectivity index (χ0n) is 4.22. The van der Waals surface area contributed by atoms with Crippen LogP contribution in [0.3, 0.4) is 0 Å². The summed E-state index contributed by atoms with van der Waals surface area (Å²) in [6, 6.07) is 0. The smallest absolute Gasteiger partial charge is 0.327 e. The van der Waals surface area contributed by atoms with Gasteiger partial charge in [0.05, 0.1) is 11.8 Å².